The predicted molar refractivity (Wildman–Crippen MR) is 140 cm³/mol. The zero-order valence-electron chi connectivity index (χ0n) is 24.0. The van der Waals surface area contributed by atoms with Gasteiger partial charge in [0.1, 0.15) is 17.3 Å². The molecule has 1 amide bonds. The fourth-order valence-electron chi connectivity index (χ4n) is 4.32. The fourth-order valence-corrected chi connectivity index (χ4v) is 4.32. The average Bonchev–Trinajstić information content (AvgIpc) is 2.87. The molecule has 0 saturated carbocycles. The van der Waals surface area contributed by atoms with Crippen molar-refractivity contribution in [3.63, 3.8) is 0 Å². The van der Waals surface area contributed by atoms with Crippen LogP contribution in [0, 0.1) is 16.7 Å². The summed E-state index contributed by atoms with van der Waals surface area (Å²) in [6, 6.07) is 0. The Kier molecular flexibility index (Phi) is 14.9. The summed E-state index contributed by atoms with van der Waals surface area (Å²) in [6.07, 6.45) is 4.93. The maximum atomic E-state index is 12.2. The third-order valence-electron chi connectivity index (χ3n) is 7.22. The number of carbonyl (C=O) groups excluding carboxylic acids is 4. The third-order valence-corrected chi connectivity index (χ3v) is 7.22. The highest BCUT2D eigenvalue weighted by molar-refractivity contribution is 5.92. The first kappa shape index (κ1) is 33.8. The van der Waals surface area contributed by atoms with Gasteiger partial charge in [-0.05, 0) is 78.3 Å². The lowest BCUT2D eigenvalue weighted by Gasteiger charge is -2.38. The van der Waals surface area contributed by atoms with E-state index in [0.29, 0.717) is 31.6 Å². The van der Waals surface area contributed by atoms with E-state index in [2.05, 4.69) is 28.8 Å². The first-order chi connectivity index (χ1) is 16.8. The van der Waals surface area contributed by atoms with Gasteiger partial charge in [0.15, 0.2) is 0 Å². The van der Waals surface area contributed by atoms with Crippen LogP contribution in [0.15, 0.2) is 0 Å². The second-order valence-corrected chi connectivity index (χ2v) is 10.6. The van der Waals surface area contributed by atoms with E-state index in [4.69, 9.17) is 9.47 Å². The van der Waals surface area contributed by atoms with E-state index < -0.39 is 22.4 Å². The number of likely N-dealkylation sites (tertiary alicyclic amines) is 1. The topological polar surface area (TPSA) is 111 Å². The molecule has 0 aromatic rings. The summed E-state index contributed by atoms with van der Waals surface area (Å²) in [5, 5.41) is 2.87. The summed E-state index contributed by atoms with van der Waals surface area (Å²) in [7, 11) is 2.77. The molecule has 1 rings (SSSR count). The first-order valence-electron chi connectivity index (χ1n) is 13.1. The Morgan fingerprint density at radius 2 is 1.39 bits per heavy atom. The molecular weight excluding hydrogens is 464 g/mol. The van der Waals surface area contributed by atoms with Crippen molar-refractivity contribution in [2.75, 3.05) is 40.4 Å². The van der Waals surface area contributed by atoms with Crippen molar-refractivity contribution in [1.82, 2.24) is 10.2 Å². The van der Waals surface area contributed by atoms with Crippen molar-refractivity contribution in [1.29, 1.82) is 0 Å². The number of methoxy groups -OCH3 is 2. The number of hydrogen-bond donors (Lipinski definition) is 1. The van der Waals surface area contributed by atoms with Gasteiger partial charge in [0.25, 0.3) is 0 Å². The van der Waals surface area contributed by atoms with Crippen LogP contribution in [0.2, 0.25) is 0 Å². The van der Waals surface area contributed by atoms with Crippen LogP contribution in [0.3, 0.4) is 0 Å². The van der Waals surface area contributed by atoms with E-state index >= 15 is 0 Å². The Hall–Kier alpha value is -2.16. The molecule has 0 aliphatic carbocycles. The number of ether oxygens (including phenoxy) is 3. The number of nitrogens with one attached hydrogen (secondary N) is 1. The second kappa shape index (κ2) is 15.8. The van der Waals surface area contributed by atoms with E-state index in [1.807, 2.05) is 20.8 Å². The molecule has 1 aliphatic rings. The lowest BCUT2D eigenvalue weighted by atomic mass is 9.81. The molecule has 9 heteroatoms. The summed E-state index contributed by atoms with van der Waals surface area (Å²) >= 11 is 0. The number of aldehydes is 1. The van der Waals surface area contributed by atoms with E-state index in [9.17, 15) is 19.2 Å². The summed E-state index contributed by atoms with van der Waals surface area (Å²) in [6.45, 7) is 16.6. The van der Waals surface area contributed by atoms with Gasteiger partial charge in [0.05, 0.1) is 19.6 Å². The molecule has 1 fully saturated rings. The molecule has 0 atom stereocenters. The highest BCUT2D eigenvalue weighted by Crippen LogP contribution is 2.31. The molecule has 1 aliphatic heterocycles. The minimum Gasteiger partial charge on any atom is -0.469 e. The van der Waals surface area contributed by atoms with Crippen LogP contribution < -0.4 is 5.32 Å². The Bertz CT molecular complexity index is 687. The molecule has 36 heavy (non-hydrogen) atoms. The number of nitrogens with zero attached hydrogens (tertiary/aromatic N) is 1. The van der Waals surface area contributed by atoms with E-state index in [1.54, 1.807) is 13.8 Å². The van der Waals surface area contributed by atoms with Gasteiger partial charge in [0.2, 0.25) is 0 Å². The lowest BCUT2D eigenvalue weighted by molar-refractivity contribution is -0.156. The average molecular weight is 515 g/mol. The Morgan fingerprint density at radius 1 is 0.889 bits per heavy atom. The van der Waals surface area contributed by atoms with Crippen LogP contribution in [0.4, 0.5) is 4.79 Å². The largest absolute Gasteiger partial charge is 0.469 e. The van der Waals surface area contributed by atoms with Crippen LogP contribution in [-0.2, 0) is 28.6 Å². The summed E-state index contributed by atoms with van der Waals surface area (Å²) in [5.41, 5.74) is -1.78. The van der Waals surface area contributed by atoms with Gasteiger partial charge >= 0.3 is 18.0 Å². The molecule has 1 N–H and O–H groups in total. The Balaban J connectivity index is 0.000000935. The highest BCUT2D eigenvalue weighted by atomic mass is 16.6. The van der Waals surface area contributed by atoms with Crippen molar-refractivity contribution >= 4 is 24.3 Å². The van der Waals surface area contributed by atoms with Crippen LogP contribution in [0.5, 0.6) is 0 Å². The standard InChI is InChI=1S/C19H36N2O4.C8H14O3/c1-7-19(8-2,16(22)24-6)14-21-11-9-15(10-12-21)13-20-17(23)25-18(3,4)5;1-4-8(5-2,6-9)7(10)11-3/h15H,7-14H2,1-6H3,(H,20,23);6H,4-5H2,1-3H3. The van der Waals surface area contributed by atoms with Crippen LogP contribution in [0.1, 0.15) is 87.0 Å². The molecule has 210 valence electrons. The number of carbonyl (C=O) groups is 4. The number of rotatable bonds is 11. The van der Waals surface area contributed by atoms with E-state index in [1.165, 1.54) is 14.2 Å². The Morgan fingerprint density at radius 3 is 1.72 bits per heavy atom. The molecule has 1 saturated heterocycles. The van der Waals surface area contributed by atoms with Crippen LogP contribution >= 0.6 is 0 Å². The Labute approximate surface area is 218 Å². The lowest BCUT2D eigenvalue weighted by Crippen LogP contribution is -2.47. The van der Waals surface area contributed by atoms with Gasteiger partial charge in [0, 0.05) is 13.1 Å². The van der Waals surface area contributed by atoms with Crippen molar-refractivity contribution in [3.8, 4) is 0 Å². The maximum Gasteiger partial charge on any atom is 0.407 e. The maximum absolute atomic E-state index is 12.2. The zero-order chi connectivity index (χ0) is 28.0. The number of amides is 1. The second-order valence-electron chi connectivity index (χ2n) is 10.6. The van der Waals surface area contributed by atoms with Crippen molar-refractivity contribution in [2.24, 2.45) is 16.7 Å². The van der Waals surface area contributed by atoms with Crippen molar-refractivity contribution in [3.05, 3.63) is 0 Å². The summed E-state index contributed by atoms with van der Waals surface area (Å²) < 4.78 is 14.8. The van der Waals surface area contributed by atoms with Crippen molar-refractivity contribution in [2.45, 2.75) is 92.6 Å². The smallest absolute Gasteiger partial charge is 0.407 e. The van der Waals surface area contributed by atoms with Gasteiger partial charge in [-0.15, -0.1) is 0 Å². The fraction of sp³-hybridized carbons (Fsp3) is 0.852. The van der Waals surface area contributed by atoms with Gasteiger partial charge in [-0.3, -0.25) is 9.59 Å². The minimum absolute atomic E-state index is 0.105. The van der Waals surface area contributed by atoms with Crippen LogP contribution in [-0.4, -0.2) is 75.2 Å². The molecule has 0 aromatic carbocycles. The molecule has 0 bridgehead atoms. The third kappa shape index (κ3) is 10.4. The van der Waals surface area contributed by atoms with Crippen LogP contribution in [0.25, 0.3) is 0 Å². The number of hydrogen-bond acceptors (Lipinski definition) is 8. The molecule has 0 radical (unpaired) electrons. The van der Waals surface area contributed by atoms with Crippen molar-refractivity contribution < 1.29 is 33.4 Å². The van der Waals surface area contributed by atoms with E-state index in [-0.39, 0.29) is 12.1 Å². The molecular formula is C27H50N2O7. The summed E-state index contributed by atoms with van der Waals surface area (Å²) in [4.78, 5) is 48.0. The van der Waals surface area contributed by atoms with E-state index in [0.717, 1.165) is 45.3 Å². The zero-order valence-corrected chi connectivity index (χ0v) is 24.0. The van der Waals surface area contributed by atoms with Gasteiger partial charge in [-0.1, -0.05) is 27.7 Å². The minimum atomic E-state index is -0.908. The molecule has 0 unspecified atom stereocenters. The number of piperidine rings is 1. The molecule has 1 heterocycles. The number of esters is 2. The molecule has 0 spiro atoms. The quantitative estimate of drug-likeness (QED) is 0.187. The summed E-state index contributed by atoms with van der Waals surface area (Å²) in [5.74, 6) is -0.0803. The SMILES string of the molecule is CCC(C=O)(CC)C(=O)OC.CCC(CC)(CN1CCC(CNC(=O)OC(C)(C)C)CC1)C(=O)OC. The predicted octanol–water partition coefficient (Wildman–Crippen LogP) is 4.37. The normalized spacial score (nSPS) is 15.2. The number of alkyl carbamates (subject to hydrolysis) is 1. The van der Waals surface area contributed by atoms with Gasteiger partial charge in [-0.25, -0.2) is 4.79 Å². The monoisotopic (exact) mass is 514 g/mol. The first-order valence-corrected chi connectivity index (χ1v) is 13.1. The highest BCUT2D eigenvalue weighted by Gasteiger charge is 2.38. The molecule has 0 aromatic heterocycles. The van der Waals surface area contributed by atoms with Gasteiger partial charge in [-0.2, -0.15) is 0 Å². The molecule has 9 nitrogen and oxygen atoms in total. The van der Waals surface area contributed by atoms with Gasteiger partial charge < -0.3 is 29.2 Å².